The minimum Gasteiger partial charge on any atom is -0.307 e. The third-order valence-corrected chi connectivity index (χ3v) is 3.35. The Kier molecular flexibility index (Phi) is 5.59. The van der Waals surface area contributed by atoms with E-state index in [-0.39, 0.29) is 5.91 Å². The van der Waals surface area contributed by atoms with E-state index in [9.17, 15) is 4.79 Å². The second kappa shape index (κ2) is 6.73. The lowest BCUT2D eigenvalue weighted by Crippen LogP contribution is -2.17. The van der Waals surface area contributed by atoms with E-state index in [2.05, 4.69) is 30.7 Å². The SMILES string of the molecule is C=C(C)c1ccc(Cl)cc1.C=C1SC(=S)NC1=O. The molecule has 1 fully saturated rings. The molecule has 1 aliphatic rings. The Morgan fingerprint density at radius 3 is 2.22 bits per heavy atom. The van der Waals surface area contributed by atoms with Gasteiger partial charge in [-0.2, -0.15) is 0 Å². The van der Waals surface area contributed by atoms with Gasteiger partial charge in [0.05, 0.1) is 4.91 Å². The van der Waals surface area contributed by atoms with Gasteiger partial charge < -0.3 is 5.32 Å². The van der Waals surface area contributed by atoms with Gasteiger partial charge >= 0.3 is 0 Å². The minimum absolute atomic E-state index is 0.167. The molecular weight excluding hydrogens is 286 g/mol. The number of thiocarbonyl (C=S) groups is 1. The molecule has 1 amide bonds. The average Bonchev–Trinajstić information content (AvgIpc) is 2.57. The second-order valence-electron chi connectivity index (χ2n) is 3.55. The van der Waals surface area contributed by atoms with E-state index >= 15 is 0 Å². The number of halogens is 1. The molecule has 0 radical (unpaired) electrons. The number of benzene rings is 1. The van der Waals surface area contributed by atoms with Gasteiger partial charge in [0, 0.05) is 5.02 Å². The molecule has 2 nitrogen and oxygen atoms in total. The normalized spacial score (nSPS) is 13.8. The van der Waals surface area contributed by atoms with Crippen LogP contribution in [-0.4, -0.2) is 10.2 Å². The van der Waals surface area contributed by atoms with Gasteiger partial charge in [-0.05, 0) is 24.6 Å². The molecule has 0 saturated carbocycles. The number of thioether (sulfide) groups is 1. The summed E-state index contributed by atoms with van der Waals surface area (Å²) in [5.41, 5.74) is 2.21. The van der Waals surface area contributed by atoms with Crippen molar-refractivity contribution in [1.82, 2.24) is 5.32 Å². The number of amides is 1. The first-order valence-corrected chi connectivity index (χ1v) is 6.64. The molecule has 0 bridgehead atoms. The first kappa shape index (κ1) is 15.0. The van der Waals surface area contributed by atoms with Crippen LogP contribution in [0, 0.1) is 0 Å². The largest absolute Gasteiger partial charge is 0.307 e. The zero-order chi connectivity index (χ0) is 13.7. The summed E-state index contributed by atoms with van der Waals surface area (Å²) < 4.78 is 0.500. The standard InChI is InChI=1S/C9H9Cl.C4H3NOS2/c1-7(2)8-3-5-9(10)6-4-8;1-2-3(6)5-4(7)8-2/h3-6H,1H2,2H3;1H2,(H,5,6,7). The lowest BCUT2D eigenvalue weighted by molar-refractivity contribution is -0.115. The molecule has 0 spiro atoms. The van der Waals surface area contributed by atoms with Crippen LogP contribution in [0.25, 0.3) is 5.57 Å². The lowest BCUT2D eigenvalue weighted by Gasteiger charge is -1.97. The van der Waals surface area contributed by atoms with E-state index < -0.39 is 0 Å². The summed E-state index contributed by atoms with van der Waals surface area (Å²) in [4.78, 5) is 10.9. The highest BCUT2D eigenvalue weighted by Gasteiger charge is 2.18. The van der Waals surface area contributed by atoms with Crippen LogP contribution in [0.3, 0.4) is 0 Å². The number of carbonyl (C=O) groups excluding carboxylic acids is 1. The van der Waals surface area contributed by atoms with E-state index in [4.69, 9.17) is 11.6 Å². The fourth-order valence-electron chi connectivity index (χ4n) is 1.08. The van der Waals surface area contributed by atoms with Crippen LogP contribution in [0.1, 0.15) is 12.5 Å². The smallest absolute Gasteiger partial charge is 0.262 e. The topological polar surface area (TPSA) is 29.1 Å². The van der Waals surface area contributed by atoms with Gasteiger partial charge in [-0.3, -0.25) is 4.79 Å². The summed E-state index contributed by atoms with van der Waals surface area (Å²) in [5, 5.41) is 3.19. The molecule has 1 aliphatic heterocycles. The Hall–Kier alpha value is -1.10. The molecule has 1 aromatic carbocycles. The Morgan fingerprint density at radius 1 is 1.39 bits per heavy atom. The van der Waals surface area contributed by atoms with Crippen molar-refractivity contribution in [2.75, 3.05) is 0 Å². The van der Waals surface area contributed by atoms with Crippen LogP contribution in [0.4, 0.5) is 0 Å². The Bertz CT molecular complexity index is 490. The highest BCUT2D eigenvalue weighted by atomic mass is 35.5. The molecule has 1 aromatic rings. The number of hydrogen-bond donors (Lipinski definition) is 1. The maximum absolute atomic E-state index is 10.5. The van der Waals surface area contributed by atoms with E-state index in [0.717, 1.165) is 16.2 Å². The summed E-state index contributed by atoms with van der Waals surface area (Å²) in [6.07, 6.45) is 0. The van der Waals surface area contributed by atoms with E-state index in [0.29, 0.717) is 9.23 Å². The molecule has 0 atom stereocenters. The van der Waals surface area contributed by atoms with Crippen LogP contribution < -0.4 is 5.32 Å². The molecule has 18 heavy (non-hydrogen) atoms. The highest BCUT2D eigenvalue weighted by molar-refractivity contribution is 8.26. The lowest BCUT2D eigenvalue weighted by atomic mass is 10.1. The van der Waals surface area contributed by atoms with E-state index in [1.54, 1.807) is 0 Å². The number of hydrogen-bond acceptors (Lipinski definition) is 3. The monoisotopic (exact) mass is 297 g/mol. The number of carbonyl (C=O) groups is 1. The highest BCUT2D eigenvalue weighted by Crippen LogP contribution is 2.20. The first-order chi connectivity index (χ1) is 8.40. The molecular formula is C13H12ClNOS2. The van der Waals surface area contributed by atoms with Crippen LogP contribution in [0.2, 0.25) is 5.02 Å². The molecule has 1 N–H and O–H groups in total. The summed E-state index contributed by atoms with van der Waals surface area (Å²) in [7, 11) is 0. The van der Waals surface area contributed by atoms with Gasteiger partial charge in [0.1, 0.15) is 4.32 Å². The van der Waals surface area contributed by atoms with Crippen molar-refractivity contribution in [2.45, 2.75) is 6.92 Å². The Labute approximate surface area is 121 Å². The van der Waals surface area contributed by atoms with Gasteiger partial charge in [-0.25, -0.2) is 0 Å². The fraction of sp³-hybridized carbons (Fsp3) is 0.0769. The van der Waals surface area contributed by atoms with Crippen molar-refractivity contribution in [2.24, 2.45) is 0 Å². The van der Waals surface area contributed by atoms with E-state index in [1.165, 1.54) is 11.8 Å². The molecule has 0 aliphatic carbocycles. The third-order valence-electron chi connectivity index (χ3n) is 2.02. The van der Waals surface area contributed by atoms with Crippen LogP contribution in [0.15, 0.2) is 42.3 Å². The van der Waals surface area contributed by atoms with Crippen molar-refractivity contribution in [3.05, 3.63) is 52.9 Å². The molecule has 2 rings (SSSR count). The molecule has 0 unspecified atom stereocenters. The average molecular weight is 298 g/mol. The van der Waals surface area contributed by atoms with Crippen LogP contribution in [0.5, 0.6) is 0 Å². The summed E-state index contributed by atoms with van der Waals surface area (Å²) >= 11 is 11.5. The van der Waals surface area contributed by atoms with Gasteiger partial charge in [0.2, 0.25) is 0 Å². The van der Waals surface area contributed by atoms with Crippen molar-refractivity contribution >= 4 is 51.4 Å². The Balaban J connectivity index is 0.000000184. The van der Waals surface area contributed by atoms with Gasteiger partial charge in [0.15, 0.2) is 0 Å². The second-order valence-corrected chi connectivity index (χ2v) is 5.76. The van der Waals surface area contributed by atoms with Crippen LogP contribution in [-0.2, 0) is 4.79 Å². The fourth-order valence-corrected chi connectivity index (χ4v) is 2.11. The van der Waals surface area contributed by atoms with Crippen molar-refractivity contribution in [1.29, 1.82) is 0 Å². The molecule has 1 saturated heterocycles. The number of rotatable bonds is 1. The molecule has 0 aromatic heterocycles. The predicted molar refractivity (Wildman–Crippen MR) is 83.6 cm³/mol. The number of nitrogens with one attached hydrogen (secondary N) is 1. The molecule has 1 heterocycles. The van der Waals surface area contributed by atoms with Gasteiger partial charge in [0.25, 0.3) is 5.91 Å². The van der Waals surface area contributed by atoms with Crippen LogP contribution >= 0.6 is 35.6 Å². The minimum atomic E-state index is -0.167. The van der Waals surface area contributed by atoms with Crippen molar-refractivity contribution in [3.8, 4) is 0 Å². The molecule has 94 valence electrons. The summed E-state index contributed by atoms with van der Waals surface area (Å²) in [6.45, 7) is 9.24. The quantitative estimate of drug-likeness (QED) is 0.627. The molecule has 5 heteroatoms. The third kappa shape index (κ3) is 4.64. The summed E-state index contributed by atoms with van der Waals surface area (Å²) in [5.74, 6) is -0.167. The zero-order valence-corrected chi connectivity index (χ0v) is 12.2. The van der Waals surface area contributed by atoms with Gasteiger partial charge in [-0.15, -0.1) is 0 Å². The maximum atomic E-state index is 10.5. The first-order valence-electron chi connectivity index (χ1n) is 5.03. The predicted octanol–water partition coefficient (Wildman–Crippen LogP) is 4.02. The number of allylic oxidation sites excluding steroid dienone is 1. The summed E-state index contributed by atoms with van der Waals surface area (Å²) in [6, 6.07) is 7.66. The Morgan fingerprint density at radius 2 is 1.94 bits per heavy atom. The maximum Gasteiger partial charge on any atom is 0.262 e. The van der Waals surface area contributed by atoms with E-state index in [1.807, 2.05) is 31.2 Å². The zero-order valence-electron chi connectivity index (χ0n) is 9.83. The van der Waals surface area contributed by atoms with Gasteiger partial charge in [-0.1, -0.05) is 66.4 Å². The van der Waals surface area contributed by atoms with Crippen molar-refractivity contribution in [3.63, 3.8) is 0 Å². The van der Waals surface area contributed by atoms with Crippen molar-refractivity contribution < 1.29 is 4.79 Å².